The number of hydrogen-bond acceptors (Lipinski definition) is 2. The van der Waals surface area contributed by atoms with Crippen molar-refractivity contribution in [3.63, 3.8) is 0 Å². The van der Waals surface area contributed by atoms with Crippen LogP contribution in [0.5, 0.6) is 5.75 Å². The molecule has 4 rings (SSSR count). The smallest absolute Gasteiger partial charge is 0.115 e. The molecule has 1 saturated heterocycles. The van der Waals surface area contributed by atoms with Crippen LogP contribution in [-0.2, 0) is 11.8 Å². The van der Waals surface area contributed by atoms with Crippen molar-refractivity contribution in [3.05, 3.63) is 77.9 Å². The van der Waals surface area contributed by atoms with Crippen molar-refractivity contribution in [1.29, 1.82) is 0 Å². The fraction of sp³-hybridized carbons (Fsp3) is 0.462. The van der Waals surface area contributed by atoms with Gasteiger partial charge in [-0.1, -0.05) is 68.0 Å². The minimum absolute atomic E-state index is 0.177. The lowest BCUT2D eigenvalue weighted by Crippen LogP contribution is -2.58. The summed E-state index contributed by atoms with van der Waals surface area (Å²) >= 11 is 0. The highest BCUT2D eigenvalue weighted by molar-refractivity contribution is 5.37. The third-order valence-corrected chi connectivity index (χ3v) is 7.02. The van der Waals surface area contributed by atoms with Gasteiger partial charge >= 0.3 is 0 Å². The van der Waals surface area contributed by atoms with Crippen molar-refractivity contribution in [3.8, 4) is 5.75 Å². The Kier molecular flexibility index (Phi) is 5.87. The molecule has 1 heterocycles. The summed E-state index contributed by atoms with van der Waals surface area (Å²) in [6.07, 6.45) is 12.1. The highest BCUT2D eigenvalue weighted by Gasteiger charge is 2.50. The molecule has 2 aromatic rings. The topological polar surface area (TPSA) is 23.5 Å². The summed E-state index contributed by atoms with van der Waals surface area (Å²) in [7, 11) is 0. The number of benzene rings is 2. The van der Waals surface area contributed by atoms with Gasteiger partial charge in [0.25, 0.3) is 0 Å². The lowest BCUT2D eigenvalue weighted by Gasteiger charge is -2.56. The zero-order valence-electron chi connectivity index (χ0n) is 17.1. The van der Waals surface area contributed by atoms with Crippen molar-refractivity contribution >= 4 is 0 Å². The standard InChI is InChI=1S/C26H33NO/c1-2-3-13-24-25-14-8-16-26(24,22-11-7-12-23(28)20-22)17-19-27(25)18-15-21-9-5-4-6-10-21/h3-7,9-13,20,24-25,28H,2,8,14-19H2,1H3/b13-3+/t24-,25-,26-/m0/s1. The predicted octanol–water partition coefficient (Wildman–Crippen LogP) is 5.71. The molecule has 0 aromatic heterocycles. The number of allylic oxidation sites excluding steroid dienone is 1. The van der Waals surface area contributed by atoms with Gasteiger partial charge < -0.3 is 5.11 Å². The van der Waals surface area contributed by atoms with E-state index in [1.165, 1.54) is 36.8 Å². The van der Waals surface area contributed by atoms with E-state index in [0.29, 0.717) is 17.7 Å². The molecule has 2 fully saturated rings. The number of rotatable bonds is 6. The SMILES string of the molecule is CC/C=C/[C@H]1[C@@H]2CCC[C@@]1(c1cccc(O)c1)CCN2CCc1ccccc1. The van der Waals surface area contributed by atoms with E-state index in [2.05, 4.69) is 60.4 Å². The van der Waals surface area contributed by atoms with E-state index in [9.17, 15) is 5.11 Å². The Hall–Kier alpha value is -2.06. The van der Waals surface area contributed by atoms with Crippen LogP contribution < -0.4 is 0 Å². The largest absolute Gasteiger partial charge is 0.508 e. The van der Waals surface area contributed by atoms with Crippen LogP contribution in [0.3, 0.4) is 0 Å². The maximum atomic E-state index is 10.1. The van der Waals surface area contributed by atoms with Crippen molar-refractivity contribution in [2.45, 2.75) is 56.9 Å². The van der Waals surface area contributed by atoms with Crippen molar-refractivity contribution in [2.75, 3.05) is 13.1 Å². The van der Waals surface area contributed by atoms with Gasteiger partial charge in [0, 0.05) is 23.9 Å². The molecule has 3 atom stereocenters. The predicted molar refractivity (Wildman–Crippen MR) is 117 cm³/mol. The Labute approximate surface area is 169 Å². The summed E-state index contributed by atoms with van der Waals surface area (Å²) in [4.78, 5) is 2.75. The molecule has 2 aromatic carbocycles. The van der Waals surface area contributed by atoms with Gasteiger partial charge in [-0.3, -0.25) is 4.90 Å². The van der Waals surface area contributed by atoms with E-state index in [4.69, 9.17) is 0 Å². The Morgan fingerprint density at radius 1 is 1.11 bits per heavy atom. The van der Waals surface area contributed by atoms with Gasteiger partial charge in [-0.2, -0.15) is 0 Å². The average molecular weight is 376 g/mol. The number of hydrogen-bond donors (Lipinski definition) is 1. The molecule has 1 saturated carbocycles. The quantitative estimate of drug-likeness (QED) is 0.653. The molecule has 1 aliphatic heterocycles. The number of likely N-dealkylation sites (tertiary alicyclic amines) is 1. The third-order valence-electron chi connectivity index (χ3n) is 7.02. The van der Waals surface area contributed by atoms with E-state index >= 15 is 0 Å². The molecule has 2 heteroatoms. The van der Waals surface area contributed by atoms with E-state index in [-0.39, 0.29) is 5.41 Å². The summed E-state index contributed by atoms with van der Waals surface area (Å²) in [6, 6.07) is 19.6. The minimum atomic E-state index is 0.177. The lowest BCUT2D eigenvalue weighted by atomic mass is 9.56. The molecule has 0 amide bonds. The van der Waals surface area contributed by atoms with E-state index in [0.717, 1.165) is 25.9 Å². The first-order valence-electron chi connectivity index (χ1n) is 11.0. The number of aromatic hydroxyl groups is 1. The highest BCUT2D eigenvalue weighted by atomic mass is 16.3. The van der Waals surface area contributed by atoms with Gasteiger partial charge in [0.2, 0.25) is 0 Å². The molecule has 2 aliphatic rings. The van der Waals surface area contributed by atoms with Gasteiger partial charge in [-0.05, 0) is 61.9 Å². The number of nitrogens with zero attached hydrogens (tertiary/aromatic N) is 1. The molecule has 2 bridgehead atoms. The zero-order valence-corrected chi connectivity index (χ0v) is 17.1. The fourth-order valence-electron chi connectivity index (χ4n) is 5.64. The molecule has 0 spiro atoms. The number of fused-ring (bicyclic) bond motifs is 2. The Balaban J connectivity index is 1.60. The monoisotopic (exact) mass is 375 g/mol. The van der Waals surface area contributed by atoms with E-state index in [1.807, 2.05) is 12.1 Å². The Bertz CT molecular complexity index is 799. The third kappa shape index (κ3) is 3.75. The van der Waals surface area contributed by atoms with Crippen LogP contribution in [0, 0.1) is 5.92 Å². The molecule has 1 N–H and O–H groups in total. The molecule has 1 aliphatic carbocycles. The minimum Gasteiger partial charge on any atom is -0.508 e. The summed E-state index contributed by atoms with van der Waals surface area (Å²) in [5, 5.41) is 10.1. The second-order valence-electron chi connectivity index (χ2n) is 8.55. The molecule has 148 valence electrons. The molecule has 0 unspecified atom stereocenters. The first kappa shape index (κ1) is 19.3. The molecular weight excluding hydrogens is 342 g/mol. The van der Waals surface area contributed by atoms with Crippen LogP contribution in [0.2, 0.25) is 0 Å². The Morgan fingerprint density at radius 3 is 2.75 bits per heavy atom. The normalized spacial score (nSPS) is 27.9. The summed E-state index contributed by atoms with van der Waals surface area (Å²) in [5.74, 6) is 0.936. The first-order chi connectivity index (χ1) is 13.7. The van der Waals surface area contributed by atoms with Crippen LogP contribution >= 0.6 is 0 Å². The molecule has 28 heavy (non-hydrogen) atoms. The lowest BCUT2D eigenvalue weighted by molar-refractivity contribution is 0.0113. The van der Waals surface area contributed by atoms with Gasteiger partial charge in [0.05, 0.1) is 0 Å². The van der Waals surface area contributed by atoms with Crippen molar-refractivity contribution < 1.29 is 5.11 Å². The van der Waals surface area contributed by atoms with Crippen molar-refractivity contribution in [2.24, 2.45) is 5.92 Å². The molecule has 2 nitrogen and oxygen atoms in total. The fourth-order valence-corrected chi connectivity index (χ4v) is 5.64. The van der Waals surface area contributed by atoms with Crippen molar-refractivity contribution in [1.82, 2.24) is 4.90 Å². The van der Waals surface area contributed by atoms with E-state index in [1.54, 1.807) is 6.07 Å². The van der Waals surface area contributed by atoms with Crippen LogP contribution in [0.25, 0.3) is 0 Å². The van der Waals surface area contributed by atoms with Crippen LogP contribution in [-0.4, -0.2) is 29.1 Å². The zero-order chi connectivity index (χ0) is 19.4. The summed E-state index contributed by atoms with van der Waals surface area (Å²) in [6.45, 7) is 4.52. The first-order valence-corrected chi connectivity index (χ1v) is 11.0. The van der Waals surface area contributed by atoms with E-state index < -0.39 is 0 Å². The number of phenolic OH excluding ortho intramolecular Hbond substituents is 1. The van der Waals surface area contributed by atoms with Gasteiger partial charge in [-0.15, -0.1) is 0 Å². The van der Waals surface area contributed by atoms with Gasteiger partial charge in [-0.25, -0.2) is 0 Å². The molecule has 0 radical (unpaired) electrons. The summed E-state index contributed by atoms with van der Waals surface area (Å²) < 4.78 is 0. The van der Waals surface area contributed by atoms with Gasteiger partial charge in [0.15, 0.2) is 0 Å². The highest BCUT2D eigenvalue weighted by Crippen LogP contribution is 2.52. The van der Waals surface area contributed by atoms with Crippen LogP contribution in [0.15, 0.2) is 66.7 Å². The second-order valence-corrected chi connectivity index (χ2v) is 8.55. The maximum absolute atomic E-state index is 10.1. The summed E-state index contributed by atoms with van der Waals surface area (Å²) in [5.41, 5.74) is 2.95. The maximum Gasteiger partial charge on any atom is 0.115 e. The number of phenols is 1. The number of piperidine rings is 1. The van der Waals surface area contributed by atoms with Crippen LogP contribution in [0.4, 0.5) is 0 Å². The Morgan fingerprint density at radius 2 is 1.96 bits per heavy atom. The average Bonchev–Trinajstić information content (AvgIpc) is 2.72. The van der Waals surface area contributed by atoms with Crippen LogP contribution in [0.1, 0.15) is 50.2 Å². The van der Waals surface area contributed by atoms with Gasteiger partial charge in [0.1, 0.15) is 5.75 Å². The molecular formula is C26H33NO. The second kappa shape index (κ2) is 8.53.